The van der Waals surface area contributed by atoms with Gasteiger partial charge in [0.1, 0.15) is 0 Å². The van der Waals surface area contributed by atoms with Gasteiger partial charge in [0.25, 0.3) is 5.91 Å². The Hall–Kier alpha value is -2.64. The summed E-state index contributed by atoms with van der Waals surface area (Å²) in [4.78, 5) is 25.6. The van der Waals surface area contributed by atoms with Crippen molar-refractivity contribution < 1.29 is 4.79 Å². The Morgan fingerprint density at radius 2 is 1.90 bits per heavy atom. The highest BCUT2D eigenvalue weighted by Crippen LogP contribution is 2.39. The van der Waals surface area contributed by atoms with Gasteiger partial charge in [-0.25, -0.2) is 4.98 Å². The number of amidine groups is 1. The molecule has 0 atom stereocenters. The number of thioether (sulfide) groups is 1. The number of benzene rings is 1. The molecular weight excluding hydrogens is 424 g/mol. The number of aryl methyl sites for hydroxylation is 1. The lowest BCUT2D eigenvalue weighted by Gasteiger charge is -2.30. The van der Waals surface area contributed by atoms with Gasteiger partial charge in [0, 0.05) is 35.9 Å². The molecule has 158 valence electrons. The molecule has 0 N–H and O–H groups in total. The number of nitrogens with zero attached hydrogens (tertiary/aromatic N) is 4. The van der Waals surface area contributed by atoms with Crippen molar-refractivity contribution in [2.45, 2.75) is 38.1 Å². The van der Waals surface area contributed by atoms with Crippen LogP contribution in [0.2, 0.25) is 0 Å². The van der Waals surface area contributed by atoms with Gasteiger partial charge >= 0.3 is 0 Å². The van der Waals surface area contributed by atoms with Crippen molar-refractivity contribution in [2.24, 2.45) is 12.0 Å². The summed E-state index contributed by atoms with van der Waals surface area (Å²) in [5.74, 6) is 0.0664. The van der Waals surface area contributed by atoms with E-state index in [0.29, 0.717) is 5.13 Å². The Kier molecular flexibility index (Phi) is 5.78. The summed E-state index contributed by atoms with van der Waals surface area (Å²) in [6.07, 6.45) is 9.62. The molecule has 2 fully saturated rings. The van der Waals surface area contributed by atoms with Crippen LogP contribution in [-0.4, -0.2) is 31.6 Å². The summed E-state index contributed by atoms with van der Waals surface area (Å²) in [6.45, 7) is 0. The monoisotopic (exact) mass is 448 g/mol. The molecule has 1 aromatic carbocycles. The highest BCUT2D eigenvalue weighted by atomic mass is 32.2. The minimum Gasteiger partial charge on any atom is -0.351 e. The average Bonchev–Trinajstić information content (AvgIpc) is 3.50. The van der Waals surface area contributed by atoms with Gasteiger partial charge in [-0.3, -0.25) is 9.69 Å². The minimum atomic E-state index is 0.0664. The largest absolute Gasteiger partial charge is 0.351 e. The van der Waals surface area contributed by atoms with Gasteiger partial charge in [-0.15, -0.1) is 11.3 Å². The fourth-order valence-electron chi connectivity index (χ4n) is 4.12. The molecule has 1 amide bonds. The van der Waals surface area contributed by atoms with Crippen LogP contribution in [0, 0.1) is 0 Å². The van der Waals surface area contributed by atoms with E-state index in [1.807, 2.05) is 64.5 Å². The van der Waals surface area contributed by atoms with Crippen LogP contribution in [0.15, 0.2) is 63.9 Å². The van der Waals surface area contributed by atoms with Crippen molar-refractivity contribution in [3.63, 3.8) is 0 Å². The van der Waals surface area contributed by atoms with Crippen molar-refractivity contribution in [2.75, 3.05) is 0 Å². The first-order valence-corrected chi connectivity index (χ1v) is 12.3. The Bertz CT molecular complexity index is 1140. The zero-order valence-corrected chi connectivity index (χ0v) is 19.0. The van der Waals surface area contributed by atoms with Gasteiger partial charge < -0.3 is 4.57 Å². The summed E-state index contributed by atoms with van der Waals surface area (Å²) < 4.78 is 2.02. The third-order valence-corrected chi connectivity index (χ3v) is 7.51. The minimum absolute atomic E-state index is 0.0664. The van der Waals surface area contributed by atoms with Crippen LogP contribution in [0.25, 0.3) is 17.3 Å². The van der Waals surface area contributed by atoms with Crippen molar-refractivity contribution in [3.05, 3.63) is 64.6 Å². The lowest BCUT2D eigenvalue weighted by Crippen LogP contribution is -2.40. The van der Waals surface area contributed by atoms with Gasteiger partial charge in [-0.2, -0.15) is 4.99 Å². The van der Waals surface area contributed by atoms with Gasteiger partial charge in [0.2, 0.25) is 5.13 Å². The smallest absolute Gasteiger partial charge is 0.267 e. The fraction of sp³-hybridized carbons (Fsp3) is 0.292. The molecule has 31 heavy (non-hydrogen) atoms. The number of carbonyl (C=O) groups excluding carboxylic acids is 1. The first-order valence-electron chi connectivity index (χ1n) is 10.6. The van der Waals surface area contributed by atoms with Crippen molar-refractivity contribution in [3.8, 4) is 11.3 Å². The summed E-state index contributed by atoms with van der Waals surface area (Å²) >= 11 is 2.98. The van der Waals surface area contributed by atoms with E-state index < -0.39 is 0 Å². The molecule has 5 nitrogen and oxygen atoms in total. The first kappa shape index (κ1) is 20.3. The Morgan fingerprint density at radius 3 is 2.65 bits per heavy atom. The predicted molar refractivity (Wildman–Crippen MR) is 129 cm³/mol. The van der Waals surface area contributed by atoms with E-state index in [2.05, 4.69) is 12.1 Å². The van der Waals surface area contributed by atoms with E-state index in [-0.39, 0.29) is 11.9 Å². The molecule has 3 heterocycles. The van der Waals surface area contributed by atoms with Gasteiger partial charge in [-0.1, -0.05) is 49.6 Å². The summed E-state index contributed by atoms with van der Waals surface area (Å²) in [5, 5.41) is 3.48. The Labute approximate surface area is 190 Å². The quantitative estimate of drug-likeness (QED) is 0.454. The second-order valence-corrected chi connectivity index (χ2v) is 9.74. The molecule has 0 unspecified atom stereocenters. The maximum atomic E-state index is 13.4. The summed E-state index contributed by atoms with van der Waals surface area (Å²) in [5.41, 5.74) is 3.01. The first-order chi connectivity index (χ1) is 15.2. The van der Waals surface area contributed by atoms with Crippen molar-refractivity contribution in [1.29, 1.82) is 0 Å². The number of aliphatic imine (C=N–C) groups is 1. The molecule has 0 spiro atoms. The fourth-order valence-corrected chi connectivity index (χ4v) is 5.90. The molecule has 0 radical (unpaired) electrons. The molecular formula is C24H24N4OS2. The Balaban J connectivity index is 1.49. The topological polar surface area (TPSA) is 50.5 Å². The standard InChI is InChI=1S/C24H24N4OS2/c1-27-14-8-13-19(27)15-21-22(29)28(18-11-6-3-7-12-18)24(31-21)26-23-25-20(16-30-23)17-9-4-2-5-10-17/h2,4-5,8-10,13-16,18H,3,6-7,11-12H2,1H3/b21-15+,26-24+. The van der Waals surface area contributed by atoms with Crippen LogP contribution in [0.1, 0.15) is 37.8 Å². The molecule has 1 saturated heterocycles. The molecule has 1 aliphatic carbocycles. The molecule has 1 saturated carbocycles. The molecule has 2 aromatic heterocycles. The number of amides is 1. The normalized spacial score (nSPS) is 20.3. The highest BCUT2D eigenvalue weighted by Gasteiger charge is 2.39. The third kappa shape index (κ3) is 4.25. The highest BCUT2D eigenvalue weighted by molar-refractivity contribution is 8.18. The van der Waals surface area contributed by atoms with E-state index in [1.165, 1.54) is 42.4 Å². The van der Waals surface area contributed by atoms with Crippen LogP contribution in [-0.2, 0) is 11.8 Å². The summed E-state index contributed by atoms with van der Waals surface area (Å²) in [7, 11) is 1.99. The molecule has 7 heteroatoms. The van der Waals surface area contributed by atoms with Gasteiger partial charge in [0.05, 0.1) is 10.6 Å². The second kappa shape index (κ2) is 8.85. The lowest BCUT2D eigenvalue weighted by molar-refractivity contribution is -0.124. The number of carbonyl (C=O) groups is 1. The van der Waals surface area contributed by atoms with Crippen LogP contribution in [0.4, 0.5) is 5.13 Å². The maximum Gasteiger partial charge on any atom is 0.267 e. The van der Waals surface area contributed by atoms with Crippen LogP contribution >= 0.6 is 23.1 Å². The van der Waals surface area contributed by atoms with E-state index in [9.17, 15) is 4.79 Å². The number of hydrogen-bond donors (Lipinski definition) is 0. The maximum absolute atomic E-state index is 13.4. The van der Waals surface area contributed by atoms with Gasteiger partial charge in [0.15, 0.2) is 5.17 Å². The molecule has 5 rings (SSSR count). The second-order valence-electron chi connectivity index (χ2n) is 7.90. The summed E-state index contributed by atoms with van der Waals surface area (Å²) in [6, 6.07) is 14.4. The van der Waals surface area contributed by atoms with Crippen LogP contribution in [0.5, 0.6) is 0 Å². The molecule has 3 aromatic rings. The SMILES string of the molecule is Cn1cccc1/C=C1/S/C(=N/c2nc(-c3ccccc3)cs2)N(C2CCCCC2)C1=O. The predicted octanol–water partition coefficient (Wildman–Crippen LogP) is 6.09. The van der Waals surface area contributed by atoms with Crippen molar-refractivity contribution >= 4 is 45.4 Å². The Morgan fingerprint density at radius 1 is 1.10 bits per heavy atom. The number of thiazole rings is 1. The van der Waals surface area contributed by atoms with E-state index >= 15 is 0 Å². The van der Waals surface area contributed by atoms with Crippen LogP contribution < -0.4 is 0 Å². The van der Waals surface area contributed by atoms with E-state index in [4.69, 9.17) is 9.98 Å². The number of rotatable bonds is 4. The lowest BCUT2D eigenvalue weighted by atomic mass is 9.94. The van der Waals surface area contributed by atoms with Gasteiger partial charge in [-0.05, 0) is 42.8 Å². The van der Waals surface area contributed by atoms with E-state index in [0.717, 1.165) is 39.9 Å². The number of aromatic nitrogens is 2. The molecule has 1 aliphatic heterocycles. The average molecular weight is 449 g/mol. The zero-order valence-electron chi connectivity index (χ0n) is 17.4. The van der Waals surface area contributed by atoms with E-state index in [1.54, 1.807) is 0 Å². The molecule has 0 bridgehead atoms. The third-order valence-electron chi connectivity index (χ3n) is 5.79. The molecule has 2 aliphatic rings. The zero-order chi connectivity index (χ0) is 21.2. The van der Waals surface area contributed by atoms with Crippen molar-refractivity contribution in [1.82, 2.24) is 14.5 Å². The number of hydrogen-bond acceptors (Lipinski definition) is 5. The van der Waals surface area contributed by atoms with Crippen LogP contribution in [0.3, 0.4) is 0 Å².